The maximum absolute atomic E-state index is 12.1. The number of anilines is 1. The van der Waals surface area contributed by atoms with Crippen molar-refractivity contribution < 1.29 is 9.72 Å². The summed E-state index contributed by atoms with van der Waals surface area (Å²) >= 11 is 0. The molecule has 0 heterocycles. The molecule has 0 bridgehead atoms. The minimum absolute atomic E-state index is 0.0727. The van der Waals surface area contributed by atoms with E-state index in [-0.39, 0.29) is 17.6 Å². The normalized spacial score (nSPS) is 10.8. The number of carbonyl (C=O) groups is 1. The van der Waals surface area contributed by atoms with Gasteiger partial charge in [0.1, 0.15) is 0 Å². The van der Waals surface area contributed by atoms with Gasteiger partial charge in [-0.15, -0.1) is 5.10 Å². The first-order chi connectivity index (χ1) is 11.9. The van der Waals surface area contributed by atoms with Gasteiger partial charge in [-0.25, -0.2) is 0 Å². The van der Waals surface area contributed by atoms with Crippen molar-refractivity contribution in [2.75, 3.05) is 5.32 Å². The summed E-state index contributed by atoms with van der Waals surface area (Å²) in [5, 5.41) is 20.8. The highest BCUT2D eigenvalue weighted by Crippen LogP contribution is 2.15. The molecule has 2 aromatic rings. The van der Waals surface area contributed by atoms with Gasteiger partial charge < -0.3 is 16.8 Å². The first-order valence-corrected chi connectivity index (χ1v) is 7.16. The molecule has 9 heteroatoms. The molecule has 0 atom stereocenters. The molecule has 0 fully saturated rings. The van der Waals surface area contributed by atoms with Crippen LogP contribution in [-0.4, -0.2) is 22.5 Å². The predicted molar refractivity (Wildman–Crippen MR) is 95.5 cm³/mol. The number of nitrogens with zero attached hydrogens (tertiary/aromatic N) is 3. The van der Waals surface area contributed by atoms with Gasteiger partial charge in [0.2, 0.25) is 5.96 Å². The Morgan fingerprint density at radius 2 is 1.56 bits per heavy atom. The molecule has 5 N–H and O–H groups in total. The molecule has 2 rings (SSSR count). The number of hydrogen-bond donors (Lipinski definition) is 3. The number of benzene rings is 2. The van der Waals surface area contributed by atoms with Crippen molar-refractivity contribution in [3.8, 4) is 0 Å². The number of non-ortho nitro benzene ring substituents is 1. The van der Waals surface area contributed by atoms with Gasteiger partial charge >= 0.3 is 0 Å². The van der Waals surface area contributed by atoms with E-state index in [1.807, 2.05) is 0 Å². The first-order valence-electron chi connectivity index (χ1n) is 7.16. The Morgan fingerprint density at radius 1 is 1.00 bits per heavy atom. The zero-order valence-corrected chi connectivity index (χ0v) is 13.3. The summed E-state index contributed by atoms with van der Waals surface area (Å²) in [5.41, 5.74) is 12.7. The summed E-state index contributed by atoms with van der Waals surface area (Å²) in [4.78, 5) is 22.2. The molecule has 0 aromatic heterocycles. The van der Waals surface area contributed by atoms with E-state index in [4.69, 9.17) is 11.5 Å². The van der Waals surface area contributed by atoms with E-state index in [0.29, 0.717) is 17.0 Å². The maximum atomic E-state index is 12.1. The lowest BCUT2D eigenvalue weighted by Gasteiger charge is -2.06. The highest BCUT2D eigenvalue weighted by atomic mass is 16.6. The standard InChI is InChI=1S/C16H16N6O3/c1-10(20-21-16(17)18)11-2-6-13(7-3-11)19-15(23)12-4-8-14(9-5-12)22(24)25/h2-9H,1H3,(H,19,23)(H4,17,18,21)/b20-10+. The highest BCUT2D eigenvalue weighted by Gasteiger charge is 2.09. The third kappa shape index (κ3) is 4.86. The van der Waals surface area contributed by atoms with Crippen LogP contribution in [0.3, 0.4) is 0 Å². The second-order valence-corrected chi connectivity index (χ2v) is 5.05. The second kappa shape index (κ2) is 7.68. The van der Waals surface area contributed by atoms with Crippen molar-refractivity contribution in [1.29, 1.82) is 0 Å². The van der Waals surface area contributed by atoms with E-state index >= 15 is 0 Å². The molecule has 0 saturated carbocycles. The minimum Gasteiger partial charge on any atom is -0.369 e. The molecule has 0 radical (unpaired) electrons. The van der Waals surface area contributed by atoms with Crippen LogP contribution >= 0.6 is 0 Å². The molecule has 9 nitrogen and oxygen atoms in total. The van der Waals surface area contributed by atoms with Gasteiger partial charge in [-0.1, -0.05) is 12.1 Å². The number of carbonyl (C=O) groups excluding carboxylic acids is 1. The Morgan fingerprint density at radius 3 is 2.08 bits per heavy atom. The molecule has 128 valence electrons. The van der Waals surface area contributed by atoms with Crippen LogP contribution in [-0.2, 0) is 0 Å². The third-order valence-corrected chi connectivity index (χ3v) is 3.22. The van der Waals surface area contributed by atoms with E-state index in [0.717, 1.165) is 5.56 Å². The van der Waals surface area contributed by atoms with E-state index in [1.54, 1.807) is 31.2 Å². The Labute approximate surface area is 143 Å². The Hall–Kier alpha value is -3.75. The molecular formula is C16H16N6O3. The Bertz CT molecular complexity index is 837. The van der Waals surface area contributed by atoms with Crippen LogP contribution in [0, 0.1) is 10.1 Å². The third-order valence-electron chi connectivity index (χ3n) is 3.22. The van der Waals surface area contributed by atoms with Gasteiger partial charge in [-0.3, -0.25) is 14.9 Å². The first kappa shape index (κ1) is 17.6. The lowest BCUT2D eigenvalue weighted by molar-refractivity contribution is -0.384. The van der Waals surface area contributed by atoms with E-state index in [1.165, 1.54) is 24.3 Å². The number of hydrogen-bond acceptors (Lipinski definition) is 5. The van der Waals surface area contributed by atoms with Crippen molar-refractivity contribution in [1.82, 2.24) is 0 Å². The summed E-state index contributed by atoms with van der Waals surface area (Å²) in [6.45, 7) is 1.75. The number of guanidine groups is 1. The van der Waals surface area contributed by atoms with Gasteiger partial charge in [0.25, 0.3) is 11.6 Å². The monoisotopic (exact) mass is 340 g/mol. The molecule has 0 spiro atoms. The SMILES string of the molecule is C/C(=N\N=C(N)N)c1ccc(NC(=O)c2ccc([N+](=O)[O-])cc2)cc1. The van der Waals surface area contributed by atoms with Crippen molar-refractivity contribution in [3.05, 3.63) is 69.8 Å². The van der Waals surface area contributed by atoms with Crippen molar-refractivity contribution in [2.45, 2.75) is 6.92 Å². The van der Waals surface area contributed by atoms with Crippen LogP contribution in [0.25, 0.3) is 0 Å². The number of rotatable bonds is 5. The summed E-state index contributed by atoms with van der Waals surface area (Å²) in [7, 11) is 0. The summed E-state index contributed by atoms with van der Waals surface area (Å²) in [5.74, 6) is -0.500. The van der Waals surface area contributed by atoms with Gasteiger partial charge in [-0.2, -0.15) is 5.10 Å². The number of amides is 1. The molecule has 0 saturated heterocycles. The highest BCUT2D eigenvalue weighted by molar-refractivity contribution is 6.05. The van der Waals surface area contributed by atoms with Gasteiger partial charge in [0.05, 0.1) is 10.6 Å². The van der Waals surface area contributed by atoms with Gasteiger partial charge in [-0.05, 0) is 36.8 Å². The average Bonchev–Trinajstić information content (AvgIpc) is 2.60. The van der Waals surface area contributed by atoms with Gasteiger partial charge in [0, 0.05) is 23.4 Å². The topological polar surface area (TPSA) is 149 Å². The fourth-order valence-electron chi connectivity index (χ4n) is 1.92. The molecular weight excluding hydrogens is 324 g/mol. The van der Waals surface area contributed by atoms with E-state index in [2.05, 4.69) is 15.5 Å². The second-order valence-electron chi connectivity index (χ2n) is 5.05. The number of nitro groups is 1. The number of nitrogens with two attached hydrogens (primary N) is 2. The van der Waals surface area contributed by atoms with Crippen LogP contribution in [0.2, 0.25) is 0 Å². The smallest absolute Gasteiger partial charge is 0.269 e. The molecule has 0 aliphatic rings. The summed E-state index contributed by atoms with van der Waals surface area (Å²) in [6.07, 6.45) is 0. The van der Waals surface area contributed by atoms with E-state index < -0.39 is 4.92 Å². The van der Waals surface area contributed by atoms with Crippen LogP contribution in [0.5, 0.6) is 0 Å². The number of nitrogens with one attached hydrogen (secondary N) is 1. The van der Waals surface area contributed by atoms with Crippen molar-refractivity contribution >= 4 is 29.0 Å². The molecule has 1 amide bonds. The Kier molecular flexibility index (Phi) is 5.41. The number of nitro benzene ring substituents is 1. The van der Waals surface area contributed by atoms with Crippen LogP contribution in [0.15, 0.2) is 58.7 Å². The van der Waals surface area contributed by atoms with Crippen LogP contribution in [0.1, 0.15) is 22.8 Å². The molecule has 2 aromatic carbocycles. The maximum Gasteiger partial charge on any atom is 0.269 e. The van der Waals surface area contributed by atoms with E-state index in [9.17, 15) is 14.9 Å². The molecule has 0 unspecified atom stereocenters. The quantitative estimate of drug-likeness (QED) is 0.328. The Balaban J connectivity index is 2.08. The largest absolute Gasteiger partial charge is 0.369 e. The zero-order chi connectivity index (χ0) is 18.4. The van der Waals surface area contributed by atoms with Crippen LogP contribution < -0.4 is 16.8 Å². The average molecular weight is 340 g/mol. The fourth-order valence-corrected chi connectivity index (χ4v) is 1.92. The zero-order valence-electron chi connectivity index (χ0n) is 13.3. The van der Waals surface area contributed by atoms with Crippen molar-refractivity contribution in [3.63, 3.8) is 0 Å². The molecule has 0 aliphatic carbocycles. The fraction of sp³-hybridized carbons (Fsp3) is 0.0625. The van der Waals surface area contributed by atoms with Crippen molar-refractivity contribution in [2.24, 2.45) is 21.7 Å². The van der Waals surface area contributed by atoms with Gasteiger partial charge in [0.15, 0.2) is 0 Å². The van der Waals surface area contributed by atoms with Crippen LogP contribution in [0.4, 0.5) is 11.4 Å². The lowest BCUT2D eigenvalue weighted by Crippen LogP contribution is -2.22. The minimum atomic E-state index is -0.521. The summed E-state index contributed by atoms with van der Waals surface area (Å²) in [6, 6.07) is 12.3. The summed E-state index contributed by atoms with van der Waals surface area (Å²) < 4.78 is 0. The molecule has 25 heavy (non-hydrogen) atoms. The lowest BCUT2D eigenvalue weighted by atomic mass is 10.1. The molecule has 0 aliphatic heterocycles. The predicted octanol–water partition coefficient (Wildman–Crippen LogP) is 1.84.